The standard InChI is InChI=1S/C14H19NO2/c16-14(17)12(10-13-7-4-8-15-13)9-11-5-2-1-3-6-11/h1-3,5-6,12-13,15H,4,7-10H2,(H,16,17)/t12-,13+/m1/s1. The van der Waals surface area contributed by atoms with Gasteiger partial charge in [0.15, 0.2) is 0 Å². The van der Waals surface area contributed by atoms with E-state index in [4.69, 9.17) is 0 Å². The molecule has 1 heterocycles. The molecule has 2 rings (SSSR count). The molecule has 0 spiro atoms. The second-order valence-electron chi connectivity index (χ2n) is 4.75. The highest BCUT2D eigenvalue weighted by atomic mass is 16.4. The molecule has 2 N–H and O–H groups in total. The minimum atomic E-state index is -0.678. The average Bonchev–Trinajstić information content (AvgIpc) is 2.82. The summed E-state index contributed by atoms with van der Waals surface area (Å²) in [6, 6.07) is 10.3. The molecule has 3 nitrogen and oxygen atoms in total. The Morgan fingerprint density at radius 1 is 1.41 bits per heavy atom. The topological polar surface area (TPSA) is 49.3 Å². The monoisotopic (exact) mass is 233 g/mol. The van der Waals surface area contributed by atoms with Gasteiger partial charge in [0.25, 0.3) is 0 Å². The molecule has 3 heteroatoms. The van der Waals surface area contributed by atoms with Crippen LogP contribution in [-0.2, 0) is 11.2 Å². The Labute approximate surface area is 102 Å². The van der Waals surface area contributed by atoms with Crippen LogP contribution in [0.5, 0.6) is 0 Å². The average molecular weight is 233 g/mol. The van der Waals surface area contributed by atoms with Crippen LogP contribution in [0.1, 0.15) is 24.8 Å². The summed E-state index contributed by atoms with van der Waals surface area (Å²) in [5.41, 5.74) is 1.11. The minimum absolute atomic E-state index is 0.270. The van der Waals surface area contributed by atoms with Crippen molar-refractivity contribution in [1.29, 1.82) is 0 Å². The predicted molar refractivity (Wildman–Crippen MR) is 66.9 cm³/mol. The van der Waals surface area contributed by atoms with Gasteiger partial charge >= 0.3 is 5.97 Å². The fourth-order valence-electron chi connectivity index (χ4n) is 2.47. The lowest BCUT2D eigenvalue weighted by atomic mass is 9.92. The van der Waals surface area contributed by atoms with Crippen molar-refractivity contribution in [3.8, 4) is 0 Å². The van der Waals surface area contributed by atoms with Gasteiger partial charge in [-0.15, -0.1) is 0 Å². The van der Waals surface area contributed by atoms with Crippen LogP contribution in [0.3, 0.4) is 0 Å². The molecule has 0 unspecified atom stereocenters. The van der Waals surface area contributed by atoms with Crippen molar-refractivity contribution in [2.45, 2.75) is 31.7 Å². The van der Waals surface area contributed by atoms with E-state index in [1.807, 2.05) is 30.3 Å². The third kappa shape index (κ3) is 3.56. The molecule has 0 bridgehead atoms. The predicted octanol–water partition coefficient (Wildman–Crippen LogP) is 2.07. The highest BCUT2D eigenvalue weighted by molar-refractivity contribution is 5.70. The lowest BCUT2D eigenvalue weighted by Gasteiger charge is -2.17. The van der Waals surface area contributed by atoms with E-state index in [1.165, 1.54) is 6.42 Å². The van der Waals surface area contributed by atoms with Crippen LogP contribution in [0.25, 0.3) is 0 Å². The van der Waals surface area contributed by atoms with Crippen LogP contribution < -0.4 is 5.32 Å². The van der Waals surface area contributed by atoms with Crippen molar-refractivity contribution >= 4 is 5.97 Å². The van der Waals surface area contributed by atoms with E-state index in [2.05, 4.69) is 5.32 Å². The SMILES string of the molecule is O=C(O)[C@H](Cc1ccccc1)C[C@@H]1CCCN1. The first kappa shape index (κ1) is 12.1. The number of hydrogen-bond acceptors (Lipinski definition) is 2. The number of carboxylic acid groups (broad SMARTS) is 1. The Morgan fingerprint density at radius 3 is 2.76 bits per heavy atom. The van der Waals surface area contributed by atoms with Gasteiger partial charge in [-0.25, -0.2) is 0 Å². The van der Waals surface area contributed by atoms with E-state index in [9.17, 15) is 9.90 Å². The van der Waals surface area contributed by atoms with E-state index in [-0.39, 0.29) is 5.92 Å². The number of benzene rings is 1. The maximum Gasteiger partial charge on any atom is 0.306 e. The van der Waals surface area contributed by atoms with Crippen molar-refractivity contribution in [3.63, 3.8) is 0 Å². The van der Waals surface area contributed by atoms with Crippen LogP contribution in [0.15, 0.2) is 30.3 Å². The molecule has 0 aliphatic carbocycles. The van der Waals surface area contributed by atoms with Gasteiger partial charge in [0, 0.05) is 6.04 Å². The molecule has 0 radical (unpaired) electrons. The van der Waals surface area contributed by atoms with Crippen molar-refractivity contribution in [1.82, 2.24) is 5.32 Å². The summed E-state index contributed by atoms with van der Waals surface area (Å²) in [4.78, 5) is 11.3. The van der Waals surface area contributed by atoms with E-state index in [0.29, 0.717) is 12.5 Å². The minimum Gasteiger partial charge on any atom is -0.481 e. The Kier molecular flexibility index (Phi) is 4.15. The van der Waals surface area contributed by atoms with Crippen LogP contribution in [0, 0.1) is 5.92 Å². The highest BCUT2D eigenvalue weighted by Gasteiger charge is 2.24. The molecule has 2 atom stereocenters. The van der Waals surface area contributed by atoms with Gasteiger partial charge in [-0.05, 0) is 37.8 Å². The van der Waals surface area contributed by atoms with E-state index in [1.54, 1.807) is 0 Å². The molecule has 0 saturated carbocycles. The molecule has 17 heavy (non-hydrogen) atoms. The molecule has 1 fully saturated rings. The summed E-state index contributed by atoms with van der Waals surface area (Å²) >= 11 is 0. The molecule has 0 amide bonds. The van der Waals surface area contributed by atoms with Crippen molar-refractivity contribution in [2.75, 3.05) is 6.54 Å². The Morgan fingerprint density at radius 2 is 2.18 bits per heavy atom. The van der Waals surface area contributed by atoms with E-state index >= 15 is 0 Å². The molecular weight excluding hydrogens is 214 g/mol. The summed E-state index contributed by atoms with van der Waals surface area (Å²) in [6.07, 6.45) is 3.65. The Bertz CT molecular complexity index is 358. The number of nitrogens with one attached hydrogen (secondary N) is 1. The molecule has 1 saturated heterocycles. The number of aliphatic carboxylic acids is 1. The van der Waals surface area contributed by atoms with E-state index in [0.717, 1.165) is 24.9 Å². The fraction of sp³-hybridized carbons (Fsp3) is 0.500. The normalized spacial score (nSPS) is 21.3. The van der Waals surface area contributed by atoms with E-state index < -0.39 is 5.97 Å². The molecule has 1 aliphatic rings. The number of rotatable bonds is 5. The molecule has 1 aliphatic heterocycles. The highest BCUT2D eigenvalue weighted by Crippen LogP contribution is 2.19. The largest absolute Gasteiger partial charge is 0.481 e. The van der Waals surface area contributed by atoms with Crippen molar-refractivity contribution in [3.05, 3.63) is 35.9 Å². The Balaban J connectivity index is 1.95. The van der Waals surface area contributed by atoms with Crippen molar-refractivity contribution < 1.29 is 9.90 Å². The first-order valence-corrected chi connectivity index (χ1v) is 6.26. The van der Waals surface area contributed by atoms with Gasteiger partial charge in [0.2, 0.25) is 0 Å². The number of carbonyl (C=O) groups is 1. The van der Waals surface area contributed by atoms with Gasteiger partial charge in [-0.3, -0.25) is 4.79 Å². The fourth-order valence-corrected chi connectivity index (χ4v) is 2.47. The molecular formula is C14H19NO2. The lowest BCUT2D eigenvalue weighted by molar-refractivity contribution is -0.142. The Hall–Kier alpha value is -1.35. The van der Waals surface area contributed by atoms with Crippen molar-refractivity contribution in [2.24, 2.45) is 5.92 Å². The van der Waals surface area contributed by atoms with Crippen LogP contribution >= 0.6 is 0 Å². The summed E-state index contributed by atoms with van der Waals surface area (Å²) < 4.78 is 0. The summed E-state index contributed by atoms with van der Waals surface area (Å²) in [5.74, 6) is -0.949. The third-order valence-corrected chi connectivity index (χ3v) is 3.41. The lowest BCUT2D eigenvalue weighted by Crippen LogP contribution is -2.28. The summed E-state index contributed by atoms with van der Waals surface area (Å²) in [5, 5.41) is 12.6. The van der Waals surface area contributed by atoms with Gasteiger partial charge in [0.05, 0.1) is 5.92 Å². The summed E-state index contributed by atoms with van der Waals surface area (Å²) in [6.45, 7) is 1.03. The second-order valence-corrected chi connectivity index (χ2v) is 4.75. The number of hydrogen-bond donors (Lipinski definition) is 2. The maximum atomic E-state index is 11.3. The van der Waals surface area contributed by atoms with Gasteiger partial charge < -0.3 is 10.4 Å². The number of carboxylic acids is 1. The van der Waals surface area contributed by atoms with Crippen LogP contribution in [0.2, 0.25) is 0 Å². The zero-order valence-corrected chi connectivity index (χ0v) is 9.93. The third-order valence-electron chi connectivity index (χ3n) is 3.41. The van der Waals surface area contributed by atoms with Gasteiger partial charge in [0.1, 0.15) is 0 Å². The maximum absolute atomic E-state index is 11.3. The molecule has 1 aromatic rings. The quantitative estimate of drug-likeness (QED) is 0.818. The smallest absolute Gasteiger partial charge is 0.306 e. The van der Waals surface area contributed by atoms with Crippen LogP contribution in [-0.4, -0.2) is 23.7 Å². The van der Waals surface area contributed by atoms with Crippen LogP contribution in [0.4, 0.5) is 0 Å². The van der Waals surface area contributed by atoms with Gasteiger partial charge in [-0.1, -0.05) is 30.3 Å². The van der Waals surface area contributed by atoms with Gasteiger partial charge in [-0.2, -0.15) is 0 Å². The zero-order valence-electron chi connectivity index (χ0n) is 9.93. The molecule has 1 aromatic carbocycles. The first-order chi connectivity index (χ1) is 8.25. The molecule has 0 aromatic heterocycles. The first-order valence-electron chi connectivity index (χ1n) is 6.26. The summed E-state index contributed by atoms with van der Waals surface area (Å²) in [7, 11) is 0. The zero-order chi connectivity index (χ0) is 12.1. The molecule has 92 valence electrons. The second kappa shape index (κ2) is 5.82.